The van der Waals surface area contributed by atoms with Gasteiger partial charge >= 0.3 is 0 Å². The number of nitrogens with one attached hydrogen (secondary N) is 1. The minimum Gasteiger partial charge on any atom is -0.397 e. The molecule has 0 saturated carbocycles. The summed E-state index contributed by atoms with van der Waals surface area (Å²) in [6, 6.07) is 7.89. The van der Waals surface area contributed by atoms with Crippen LogP contribution in [0.5, 0.6) is 0 Å². The van der Waals surface area contributed by atoms with Gasteiger partial charge in [0.1, 0.15) is 0 Å². The van der Waals surface area contributed by atoms with Crippen molar-refractivity contribution in [2.75, 3.05) is 17.6 Å². The summed E-state index contributed by atoms with van der Waals surface area (Å²) in [5.74, 6) is 0.615. The van der Waals surface area contributed by atoms with Crippen molar-refractivity contribution in [2.24, 2.45) is 5.92 Å². The molecule has 1 aromatic heterocycles. The van der Waals surface area contributed by atoms with Gasteiger partial charge in [-0.3, -0.25) is 4.98 Å². The fraction of sp³-hybridized carbons (Fsp3) is 0.308. The number of benzene rings is 1. The Bertz CT molecular complexity index is 492. The van der Waals surface area contributed by atoms with E-state index in [-0.39, 0.29) is 0 Å². The van der Waals surface area contributed by atoms with Gasteiger partial charge in [0, 0.05) is 23.8 Å². The molecular formula is C13H17N3. The standard InChI is InChI=1S/C13H17N3/c1-9(2)8-16-12-6-5-11(14)13-10(12)4-3-7-15-13/h3-7,9,16H,8,14H2,1-2H3. The first-order valence-corrected chi connectivity index (χ1v) is 5.55. The van der Waals surface area contributed by atoms with E-state index >= 15 is 0 Å². The molecule has 3 nitrogen and oxygen atoms in total. The average Bonchev–Trinajstić information content (AvgIpc) is 2.28. The summed E-state index contributed by atoms with van der Waals surface area (Å²) in [7, 11) is 0. The molecule has 0 amide bonds. The highest BCUT2D eigenvalue weighted by atomic mass is 14.9. The maximum absolute atomic E-state index is 5.89. The summed E-state index contributed by atoms with van der Waals surface area (Å²) in [5, 5.41) is 4.51. The second-order valence-electron chi connectivity index (χ2n) is 4.38. The number of hydrogen-bond donors (Lipinski definition) is 2. The lowest BCUT2D eigenvalue weighted by Crippen LogP contribution is -2.08. The Hall–Kier alpha value is -1.77. The lowest BCUT2D eigenvalue weighted by atomic mass is 10.1. The molecule has 1 heterocycles. The predicted octanol–water partition coefficient (Wildman–Crippen LogP) is 2.88. The fourth-order valence-corrected chi connectivity index (χ4v) is 1.66. The highest BCUT2D eigenvalue weighted by Crippen LogP contribution is 2.26. The Kier molecular flexibility index (Phi) is 2.95. The molecule has 0 bridgehead atoms. The zero-order valence-electron chi connectivity index (χ0n) is 9.70. The third kappa shape index (κ3) is 2.08. The van der Waals surface area contributed by atoms with Crippen molar-refractivity contribution in [2.45, 2.75) is 13.8 Å². The van der Waals surface area contributed by atoms with Crippen molar-refractivity contribution in [1.82, 2.24) is 4.98 Å². The van der Waals surface area contributed by atoms with Gasteiger partial charge in [-0.1, -0.05) is 13.8 Å². The van der Waals surface area contributed by atoms with Crippen LogP contribution < -0.4 is 11.1 Å². The highest BCUT2D eigenvalue weighted by molar-refractivity contribution is 5.98. The van der Waals surface area contributed by atoms with Gasteiger partial charge in [0.25, 0.3) is 0 Å². The second-order valence-corrected chi connectivity index (χ2v) is 4.38. The summed E-state index contributed by atoms with van der Waals surface area (Å²) in [4.78, 5) is 4.30. The zero-order chi connectivity index (χ0) is 11.5. The second kappa shape index (κ2) is 4.39. The number of nitrogens with two attached hydrogens (primary N) is 1. The maximum atomic E-state index is 5.89. The zero-order valence-corrected chi connectivity index (χ0v) is 9.70. The van der Waals surface area contributed by atoms with E-state index in [1.807, 2.05) is 24.3 Å². The molecule has 0 aliphatic carbocycles. The number of anilines is 2. The summed E-state index contributed by atoms with van der Waals surface area (Å²) >= 11 is 0. The van der Waals surface area contributed by atoms with Crippen molar-refractivity contribution in [3.05, 3.63) is 30.5 Å². The molecule has 3 heteroatoms. The summed E-state index contributed by atoms with van der Waals surface area (Å²) in [6.45, 7) is 5.32. The molecule has 0 saturated heterocycles. The van der Waals surface area contributed by atoms with E-state index in [0.29, 0.717) is 5.92 Å². The number of aromatic nitrogens is 1. The lowest BCUT2D eigenvalue weighted by molar-refractivity contribution is 0.689. The molecule has 84 valence electrons. The van der Waals surface area contributed by atoms with Crippen LogP contribution in [0.2, 0.25) is 0 Å². The Morgan fingerprint density at radius 1 is 1.31 bits per heavy atom. The normalized spacial score (nSPS) is 10.9. The van der Waals surface area contributed by atoms with Crippen LogP contribution in [0.25, 0.3) is 10.9 Å². The molecule has 1 aromatic carbocycles. The van der Waals surface area contributed by atoms with Gasteiger partial charge in [0.05, 0.1) is 11.2 Å². The monoisotopic (exact) mass is 215 g/mol. The first-order valence-electron chi connectivity index (χ1n) is 5.55. The van der Waals surface area contributed by atoms with Crippen molar-refractivity contribution in [1.29, 1.82) is 0 Å². The summed E-state index contributed by atoms with van der Waals surface area (Å²) in [6.07, 6.45) is 1.77. The molecule has 0 spiro atoms. The Morgan fingerprint density at radius 2 is 2.12 bits per heavy atom. The molecule has 0 aliphatic heterocycles. The molecule has 2 aromatic rings. The molecule has 0 aliphatic rings. The van der Waals surface area contributed by atoms with Gasteiger partial charge in [0.2, 0.25) is 0 Å². The molecule has 3 N–H and O–H groups in total. The van der Waals surface area contributed by atoms with E-state index in [0.717, 1.165) is 28.8 Å². The van der Waals surface area contributed by atoms with Gasteiger partial charge < -0.3 is 11.1 Å². The Balaban J connectivity index is 2.42. The molecule has 0 radical (unpaired) electrons. The maximum Gasteiger partial charge on any atom is 0.0951 e. The van der Waals surface area contributed by atoms with Crippen LogP contribution in [-0.4, -0.2) is 11.5 Å². The number of nitrogens with zero attached hydrogens (tertiary/aromatic N) is 1. The minimum atomic E-state index is 0.615. The van der Waals surface area contributed by atoms with Gasteiger partial charge in [-0.25, -0.2) is 0 Å². The summed E-state index contributed by atoms with van der Waals surface area (Å²) < 4.78 is 0. The Labute approximate surface area is 95.7 Å². The van der Waals surface area contributed by atoms with E-state index in [2.05, 4.69) is 24.1 Å². The third-order valence-electron chi connectivity index (χ3n) is 2.50. The largest absolute Gasteiger partial charge is 0.397 e. The van der Waals surface area contributed by atoms with Crippen LogP contribution in [0, 0.1) is 5.92 Å². The van der Waals surface area contributed by atoms with E-state index in [9.17, 15) is 0 Å². The van der Waals surface area contributed by atoms with E-state index in [1.165, 1.54) is 0 Å². The predicted molar refractivity (Wildman–Crippen MR) is 69.5 cm³/mol. The van der Waals surface area contributed by atoms with Gasteiger partial charge in [0.15, 0.2) is 0 Å². The van der Waals surface area contributed by atoms with Crippen LogP contribution in [0.3, 0.4) is 0 Å². The first kappa shape index (κ1) is 10.7. The van der Waals surface area contributed by atoms with Gasteiger partial charge in [-0.05, 0) is 30.2 Å². The van der Waals surface area contributed by atoms with Crippen LogP contribution >= 0.6 is 0 Å². The minimum absolute atomic E-state index is 0.615. The van der Waals surface area contributed by atoms with Crippen molar-refractivity contribution >= 4 is 22.3 Å². The lowest BCUT2D eigenvalue weighted by Gasteiger charge is -2.12. The SMILES string of the molecule is CC(C)CNc1ccc(N)c2ncccc12. The molecular weight excluding hydrogens is 198 g/mol. The third-order valence-corrected chi connectivity index (χ3v) is 2.50. The summed E-state index contributed by atoms with van der Waals surface area (Å²) in [5.41, 5.74) is 8.59. The van der Waals surface area contributed by atoms with Crippen LogP contribution in [0.4, 0.5) is 11.4 Å². The van der Waals surface area contributed by atoms with Crippen LogP contribution in [0.1, 0.15) is 13.8 Å². The Morgan fingerprint density at radius 3 is 2.88 bits per heavy atom. The molecule has 0 atom stereocenters. The number of pyridine rings is 1. The topological polar surface area (TPSA) is 50.9 Å². The molecule has 0 fully saturated rings. The molecule has 16 heavy (non-hydrogen) atoms. The average molecular weight is 215 g/mol. The van der Waals surface area contributed by atoms with Crippen molar-refractivity contribution in [3.63, 3.8) is 0 Å². The van der Waals surface area contributed by atoms with Crippen LogP contribution in [-0.2, 0) is 0 Å². The van der Waals surface area contributed by atoms with Gasteiger partial charge in [-0.15, -0.1) is 0 Å². The van der Waals surface area contributed by atoms with Crippen LogP contribution in [0.15, 0.2) is 30.5 Å². The first-order chi connectivity index (χ1) is 7.68. The molecule has 0 unspecified atom stereocenters. The fourth-order valence-electron chi connectivity index (χ4n) is 1.66. The van der Waals surface area contributed by atoms with E-state index in [1.54, 1.807) is 6.20 Å². The molecule has 2 rings (SSSR count). The number of rotatable bonds is 3. The number of nitrogen functional groups attached to an aromatic ring is 1. The quantitative estimate of drug-likeness (QED) is 0.774. The van der Waals surface area contributed by atoms with E-state index < -0.39 is 0 Å². The van der Waals surface area contributed by atoms with Crippen molar-refractivity contribution < 1.29 is 0 Å². The van der Waals surface area contributed by atoms with Gasteiger partial charge in [-0.2, -0.15) is 0 Å². The smallest absolute Gasteiger partial charge is 0.0951 e. The van der Waals surface area contributed by atoms with Crippen molar-refractivity contribution in [3.8, 4) is 0 Å². The van der Waals surface area contributed by atoms with E-state index in [4.69, 9.17) is 5.73 Å². The number of hydrogen-bond acceptors (Lipinski definition) is 3. The number of fused-ring (bicyclic) bond motifs is 1. The highest BCUT2D eigenvalue weighted by Gasteiger charge is 2.04.